The van der Waals surface area contributed by atoms with Crippen molar-refractivity contribution in [2.24, 2.45) is 21.7 Å². The molecule has 0 radical (unpaired) electrons. The molecular formula is C44H60BN8-. The summed E-state index contributed by atoms with van der Waals surface area (Å²) < 4.78 is 9.40. The molecule has 9 heteroatoms. The maximum absolute atomic E-state index is 5.85. The van der Waals surface area contributed by atoms with Crippen LogP contribution in [-0.4, -0.2) is 45.5 Å². The molecule has 53 heavy (non-hydrogen) atoms. The minimum Gasteiger partial charge on any atom is -0.379 e. The van der Waals surface area contributed by atoms with E-state index in [1.54, 1.807) is 0 Å². The van der Waals surface area contributed by atoms with Crippen LogP contribution in [0.5, 0.6) is 0 Å². The largest absolute Gasteiger partial charge is 0.466 e. The van der Waals surface area contributed by atoms with Crippen LogP contribution >= 0.6 is 0 Å². The molecule has 8 aliphatic rings. The molecule has 8 aliphatic carbocycles. The Labute approximate surface area is 315 Å². The average Bonchev–Trinajstić information content (AvgIpc) is 3.95. The van der Waals surface area contributed by atoms with Crippen molar-refractivity contribution in [1.82, 2.24) is 38.8 Å². The summed E-state index contributed by atoms with van der Waals surface area (Å²) in [5.74, 6) is 2.00. The minimum atomic E-state index is -2.17. The molecule has 4 aromatic rings. The van der Waals surface area contributed by atoms with Gasteiger partial charge < -0.3 is 18.4 Å². The molecule has 0 spiro atoms. The van der Waals surface area contributed by atoms with E-state index in [1.807, 2.05) is 0 Å². The van der Waals surface area contributed by atoms with Gasteiger partial charge in [0.2, 0.25) is 0 Å². The molecule has 0 saturated heterocycles. The summed E-state index contributed by atoms with van der Waals surface area (Å²) in [6.45, 7) is 27.6. The van der Waals surface area contributed by atoms with Crippen molar-refractivity contribution < 1.29 is 0 Å². The average molecular weight is 712 g/mol. The van der Waals surface area contributed by atoms with E-state index in [4.69, 9.17) is 20.4 Å². The standard InChI is InChI=1S/C44H60BN8/c1-37(2)29-13-17-41(37,9)33-25(29)21-50(46-33)45(51-22-26-30-14-18-42(10,34(26)47-51)38(30,3)4,52-23-27-31-15-19-43(11,35(27)48-52)39(31,5)6)53-24-28-32-16-20-44(12,36(28)49-53)40(32,7)8/h21-24,29-32H,13-20H2,1-12H3/q-1/t29-,30-,31+,32+,41+,42+,43-,44-. The first-order valence-corrected chi connectivity index (χ1v) is 21.3. The zero-order valence-corrected chi connectivity index (χ0v) is 34.4. The fraction of sp³-hybridized carbons (Fsp3) is 0.727. The lowest BCUT2D eigenvalue weighted by Crippen LogP contribution is -2.66. The highest BCUT2D eigenvalue weighted by Gasteiger charge is 2.66. The Morgan fingerprint density at radius 1 is 0.396 bits per heavy atom. The van der Waals surface area contributed by atoms with E-state index < -0.39 is 6.69 Å². The molecule has 0 aromatic carbocycles. The molecular weight excluding hydrogens is 651 g/mol. The van der Waals surface area contributed by atoms with E-state index in [0.717, 1.165) is 0 Å². The monoisotopic (exact) mass is 712 g/mol. The molecule has 0 unspecified atom stereocenters. The number of nitrogens with zero attached hydrogens (tertiary/aromatic N) is 8. The normalized spacial score (nSPS) is 40.4. The molecule has 0 amide bonds. The lowest BCUT2D eigenvalue weighted by molar-refractivity contribution is 0.222. The van der Waals surface area contributed by atoms with Gasteiger partial charge in [0, 0.05) is 21.7 Å². The zero-order chi connectivity index (χ0) is 37.1. The lowest BCUT2D eigenvalue weighted by atomic mass is 9.69. The van der Waals surface area contributed by atoms with Crippen molar-refractivity contribution >= 4 is 6.69 Å². The number of hydrogen-bond acceptors (Lipinski definition) is 4. The van der Waals surface area contributed by atoms with Crippen molar-refractivity contribution in [2.75, 3.05) is 0 Å². The quantitative estimate of drug-likeness (QED) is 0.198. The molecule has 0 N–H and O–H groups in total. The van der Waals surface area contributed by atoms with Gasteiger partial charge in [-0.3, -0.25) is 0 Å². The predicted octanol–water partition coefficient (Wildman–Crippen LogP) is 9.10. The van der Waals surface area contributed by atoms with Crippen molar-refractivity contribution in [1.29, 1.82) is 0 Å². The molecule has 280 valence electrons. The highest BCUT2D eigenvalue weighted by molar-refractivity contribution is 6.72. The summed E-state index contributed by atoms with van der Waals surface area (Å²) in [5, 5.41) is 23.4. The van der Waals surface area contributed by atoms with Crippen LogP contribution in [0, 0.1) is 21.7 Å². The molecule has 0 aliphatic heterocycles. The van der Waals surface area contributed by atoms with Crippen LogP contribution in [0.25, 0.3) is 0 Å². The first-order chi connectivity index (χ1) is 24.7. The second-order valence-corrected chi connectivity index (χ2v) is 22.9. The molecule has 4 saturated carbocycles. The van der Waals surface area contributed by atoms with E-state index in [9.17, 15) is 0 Å². The zero-order valence-electron chi connectivity index (χ0n) is 34.4. The third-order valence-electron chi connectivity index (χ3n) is 21.0. The van der Waals surface area contributed by atoms with Crippen LogP contribution in [0.4, 0.5) is 0 Å². The fourth-order valence-electron chi connectivity index (χ4n) is 15.7. The third-order valence-corrected chi connectivity index (χ3v) is 21.0. The van der Waals surface area contributed by atoms with Gasteiger partial charge in [-0.15, -0.1) is 0 Å². The molecule has 8 bridgehead atoms. The maximum atomic E-state index is 5.85. The Morgan fingerprint density at radius 3 is 0.792 bits per heavy atom. The van der Waals surface area contributed by atoms with Crippen LogP contribution in [0.1, 0.15) is 203 Å². The summed E-state index contributed by atoms with van der Waals surface area (Å²) in [6.07, 6.45) is 19.4. The van der Waals surface area contributed by atoms with Gasteiger partial charge >= 0.3 is 6.69 Å². The molecule has 12 rings (SSSR count). The van der Waals surface area contributed by atoms with Gasteiger partial charge in [0.1, 0.15) is 0 Å². The number of fused-ring (bicyclic) bond motifs is 20. The van der Waals surface area contributed by atoms with Gasteiger partial charge in [-0.1, -0.05) is 83.1 Å². The van der Waals surface area contributed by atoms with Gasteiger partial charge in [0.25, 0.3) is 0 Å². The van der Waals surface area contributed by atoms with Crippen molar-refractivity contribution in [3.05, 3.63) is 69.8 Å². The smallest absolute Gasteiger partial charge is 0.379 e. The van der Waals surface area contributed by atoms with E-state index >= 15 is 0 Å². The van der Waals surface area contributed by atoms with E-state index in [2.05, 4.69) is 126 Å². The van der Waals surface area contributed by atoms with E-state index in [1.165, 1.54) is 96.4 Å². The number of aromatic nitrogens is 8. The summed E-state index contributed by atoms with van der Waals surface area (Å²) in [5.41, 5.74) is 11.8. The topological polar surface area (TPSA) is 71.3 Å². The van der Waals surface area contributed by atoms with Crippen LogP contribution in [0.3, 0.4) is 0 Å². The second kappa shape index (κ2) is 8.50. The van der Waals surface area contributed by atoms with Crippen LogP contribution in [-0.2, 0) is 21.7 Å². The van der Waals surface area contributed by atoms with Gasteiger partial charge in [-0.2, -0.15) is 0 Å². The maximum Gasteiger partial charge on any atom is 0.466 e. The lowest BCUT2D eigenvalue weighted by Gasteiger charge is -2.44. The highest BCUT2D eigenvalue weighted by atomic mass is 15.6. The summed E-state index contributed by atoms with van der Waals surface area (Å²) in [7, 11) is 0. The van der Waals surface area contributed by atoms with Crippen LogP contribution in [0.2, 0.25) is 0 Å². The van der Waals surface area contributed by atoms with Gasteiger partial charge in [0.15, 0.2) is 0 Å². The predicted molar refractivity (Wildman–Crippen MR) is 209 cm³/mol. The third kappa shape index (κ3) is 2.89. The Kier molecular flexibility index (Phi) is 5.16. The molecule has 4 fully saturated rings. The molecule has 8 nitrogen and oxygen atoms in total. The molecule has 4 aromatic heterocycles. The van der Waals surface area contributed by atoms with Crippen LogP contribution < -0.4 is 0 Å². The van der Waals surface area contributed by atoms with Gasteiger partial charge in [-0.05, 0) is 144 Å². The van der Waals surface area contributed by atoms with E-state index in [0.29, 0.717) is 23.7 Å². The van der Waals surface area contributed by atoms with E-state index in [-0.39, 0.29) is 43.3 Å². The molecule has 4 heterocycles. The molecule has 8 atom stereocenters. The first kappa shape index (κ1) is 32.2. The number of rotatable bonds is 4. The Balaban J connectivity index is 1.18. The summed E-state index contributed by atoms with van der Waals surface area (Å²) in [6, 6.07) is 0. The number of hydrogen-bond donors (Lipinski definition) is 0. The second-order valence-electron chi connectivity index (χ2n) is 22.9. The van der Waals surface area contributed by atoms with Crippen molar-refractivity contribution in [2.45, 2.75) is 180 Å². The highest BCUT2D eigenvalue weighted by Crippen LogP contribution is 2.71. The SMILES string of the molecule is CC1(C)[C@@H]2CC[C@@]1(C)c1nn([B-](n3cc4c(n3)[C@]3(C)CC[C@H]4C3(C)C)(n3cc4c(n3)[C@@]3(C)CC[C@@H]4C3(C)C)n3cc4c(n3)[C@@]3(C)CC[C@@H]4C3(C)C)cc12. The Bertz CT molecular complexity index is 2020. The van der Waals surface area contributed by atoms with Gasteiger partial charge in [0.05, 0.1) is 22.8 Å². The Morgan fingerprint density at radius 2 is 0.604 bits per heavy atom. The summed E-state index contributed by atoms with van der Waals surface area (Å²) >= 11 is 0. The van der Waals surface area contributed by atoms with Crippen LogP contribution in [0.15, 0.2) is 24.8 Å². The Hall–Kier alpha value is -3.10. The van der Waals surface area contributed by atoms with Crippen molar-refractivity contribution in [3.63, 3.8) is 0 Å². The first-order valence-electron chi connectivity index (χ1n) is 21.3. The van der Waals surface area contributed by atoms with Gasteiger partial charge in [-0.25, -0.2) is 20.4 Å². The minimum absolute atomic E-state index is 0.0352. The fourth-order valence-corrected chi connectivity index (χ4v) is 15.7. The van der Waals surface area contributed by atoms with Crippen molar-refractivity contribution in [3.8, 4) is 0 Å². The summed E-state index contributed by atoms with van der Waals surface area (Å²) in [4.78, 5) is 0.